The number of carbonyl (C=O) groups excluding carboxylic acids is 2. The van der Waals surface area contributed by atoms with E-state index in [9.17, 15) is 14.0 Å². The van der Waals surface area contributed by atoms with Crippen LogP contribution in [0.25, 0.3) is 11.6 Å². The minimum absolute atomic E-state index is 0.246. The third-order valence-corrected chi connectivity index (χ3v) is 5.07. The summed E-state index contributed by atoms with van der Waals surface area (Å²) < 4.78 is 13.9. The molecule has 2 N–H and O–H groups in total. The smallest absolute Gasteiger partial charge is 0.274 e. The number of hydrogen-bond acceptors (Lipinski definition) is 3. The van der Waals surface area contributed by atoms with Gasteiger partial charge in [0.2, 0.25) is 0 Å². The molecule has 0 spiro atoms. The van der Waals surface area contributed by atoms with Gasteiger partial charge in [-0.1, -0.05) is 48.5 Å². The van der Waals surface area contributed by atoms with Crippen molar-refractivity contribution >= 4 is 29.2 Å². The van der Waals surface area contributed by atoms with E-state index in [4.69, 9.17) is 5.21 Å². The second kappa shape index (κ2) is 8.31. The molecule has 150 valence electrons. The van der Waals surface area contributed by atoms with Gasteiger partial charge < -0.3 is 4.90 Å². The SMILES string of the molecule is O=C(NO)c1ccc2c(c1)N(C(=O)/C(=C\c1ccccc1)c1cccc(F)c1)CC2. The number of carbonyl (C=O) groups is 2. The lowest BCUT2D eigenvalue weighted by molar-refractivity contribution is -0.113. The van der Waals surface area contributed by atoms with E-state index in [1.54, 1.807) is 46.8 Å². The molecule has 0 aliphatic carbocycles. The predicted molar refractivity (Wildman–Crippen MR) is 112 cm³/mol. The molecule has 1 heterocycles. The maximum Gasteiger partial charge on any atom is 0.274 e. The van der Waals surface area contributed by atoms with Gasteiger partial charge in [0.15, 0.2) is 0 Å². The molecule has 0 aromatic heterocycles. The fourth-order valence-corrected chi connectivity index (χ4v) is 3.58. The van der Waals surface area contributed by atoms with Gasteiger partial charge in [0, 0.05) is 23.4 Å². The van der Waals surface area contributed by atoms with Crippen LogP contribution in [0.15, 0.2) is 72.8 Å². The van der Waals surface area contributed by atoms with Crippen molar-refractivity contribution in [3.63, 3.8) is 0 Å². The Balaban J connectivity index is 1.77. The third kappa shape index (κ3) is 3.86. The molecule has 30 heavy (non-hydrogen) atoms. The first-order valence-electron chi connectivity index (χ1n) is 9.49. The second-order valence-corrected chi connectivity index (χ2v) is 6.97. The number of hydroxylamine groups is 1. The van der Waals surface area contributed by atoms with Crippen molar-refractivity contribution in [2.45, 2.75) is 6.42 Å². The summed E-state index contributed by atoms with van der Waals surface area (Å²) in [4.78, 5) is 27.0. The molecule has 0 bridgehead atoms. The molecule has 0 fully saturated rings. The Hall–Kier alpha value is -3.77. The first-order chi connectivity index (χ1) is 14.6. The van der Waals surface area contributed by atoms with Gasteiger partial charge in [-0.25, -0.2) is 9.87 Å². The Kier molecular flexibility index (Phi) is 5.41. The lowest BCUT2D eigenvalue weighted by Crippen LogP contribution is -2.30. The van der Waals surface area contributed by atoms with Crippen molar-refractivity contribution in [1.82, 2.24) is 5.48 Å². The number of hydrogen-bond donors (Lipinski definition) is 2. The van der Waals surface area contributed by atoms with Gasteiger partial charge in [0.25, 0.3) is 11.8 Å². The summed E-state index contributed by atoms with van der Waals surface area (Å²) in [6.45, 7) is 0.444. The number of nitrogens with one attached hydrogen (secondary N) is 1. The zero-order valence-corrected chi connectivity index (χ0v) is 16.0. The zero-order valence-electron chi connectivity index (χ0n) is 16.0. The Morgan fingerprint density at radius 2 is 1.77 bits per heavy atom. The summed E-state index contributed by atoms with van der Waals surface area (Å²) in [6, 6.07) is 20.2. The van der Waals surface area contributed by atoms with E-state index >= 15 is 0 Å². The number of benzene rings is 3. The lowest BCUT2D eigenvalue weighted by Gasteiger charge is -2.20. The van der Waals surface area contributed by atoms with Crippen LogP contribution in [0.1, 0.15) is 27.0 Å². The summed E-state index contributed by atoms with van der Waals surface area (Å²) in [5.74, 6) is -1.37. The van der Waals surface area contributed by atoms with E-state index in [0.29, 0.717) is 29.8 Å². The molecular formula is C24H19FN2O3. The van der Waals surface area contributed by atoms with Crippen LogP contribution in [0.3, 0.4) is 0 Å². The minimum atomic E-state index is -0.651. The average molecular weight is 402 g/mol. The summed E-state index contributed by atoms with van der Waals surface area (Å²) in [5, 5.41) is 8.91. The Bertz CT molecular complexity index is 1140. The maximum absolute atomic E-state index is 13.9. The molecule has 2 amide bonds. The molecule has 0 atom stereocenters. The van der Waals surface area contributed by atoms with E-state index < -0.39 is 11.7 Å². The molecule has 0 unspecified atom stereocenters. The largest absolute Gasteiger partial charge is 0.308 e. The molecule has 1 aliphatic rings. The fourth-order valence-electron chi connectivity index (χ4n) is 3.58. The highest BCUT2D eigenvalue weighted by Crippen LogP contribution is 2.33. The lowest BCUT2D eigenvalue weighted by atomic mass is 10.0. The zero-order chi connectivity index (χ0) is 21.1. The van der Waals surface area contributed by atoms with Crippen LogP contribution in [0, 0.1) is 5.82 Å². The van der Waals surface area contributed by atoms with Gasteiger partial charge in [0.1, 0.15) is 5.82 Å². The second-order valence-electron chi connectivity index (χ2n) is 6.97. The van der Waals surface area contributed by atoms with E-state index in [0.717, 1.165) is 11.1 Å². The summed E-state index contributed by atoms with van der Waals surface area (Å²) in [7, 11) is 0. The topological polar surface area (TPSA) is 69.6 Å². The van der Waals surface area contributed by atoms with Crippen LogP contribution in [-0.2, 0) is 11.2 Å². The van der Waals surface area contributed by atoms with Gasteiger partial charge in [-0.05, 0) is 53.5 Å². The maximum atomic E-state index is 13.9. The molecule has 0 saturated carbocycles. The highest BCUT2D eigenvalue weighted by Gasteiger charge is 2.28. The van der Waals surface area contributed by atoms with Gasteiger partial charge in [-0.2, -0.15) is 0 Å². The van der Waals surface area contributed by atoms with Crippen LogP contribution < -0.4 is 10.4 Å². The summed E-state index contributed by atoms with van der Waals surface area (Å²) >= 11 is 0. The van der Waals surface area contributed by atoms with Crippen LogP contribution in [0.5, 0.6) is 0 Å². The molecule has 1 aliphatic heterocycles. The van der Waals surface area contributed by atoms with Crippen molar-refractivity contribution in [2.75, 3.05) is 11.4 Å². The molecule has 0 radical (unpaired) electrons. The molecular weight excluding hydrogens is 383 g/mol. The number of anilines is 1. The van der Waals surface area contributed by atoms with Crippen molar-refractivity contribution in [1.29, 1.82) is 0 Å². The standard InChI is InChI=1S/C24H19FN2O3/c25-20-8-4-7-18(14-20)21(13-16-5-2-1-3-6-16)24(29)27-12-11-17-9-10-19(15-22(17)27)23(28)26-30/h1-10,13-15,30H,11-12H2,(H,26,28)/b21-13-. The van der Waals surface area contributed by atoms with Gasteiger partial charge in [-0.3, -0.25) is 14.8 Å². The molecule has 4 rings (SSSR count). The van der Waals surface area contributed by atoms with Crippen LogP contribution in [-0.4, -0.2) is 23.6 Å². The molecule has 5 nitrogen and oxygen atoms in total. The molecule has 6 heteroatoms. The van der Waals surface area contributed by atoms with Crippen LogP contribution >= 0.6 is 0 Å². The quantitative estimate of drug-likeness (QED) is 0.299. The number of fused-ring (bicyclic) bond motifs is 1. The van der Waals surface area contributed by atoms with Crippen molar-refractivity contribution < 1.29 is 19.2 Å². The average Bonchev–Trinajstić information content (AvgIpc) is 3.20. The molecule has 3 aromatic carbocycles. The molecule has 3 aromatic rings. The molecule has 0 saturated heterocycles. The van der Waals surface area contributed by atoms with E-state index in [2.05, 4.69) is 0 Å². The number of amides is 2. The van der Waals surface area contributed by atoms with Crippen LogP contribution in [0.2, 0.25) is 0 Å². The first kappa shape index (κ1) is 19.5. The highest BCUT2D eigenvalue weighted by molar-refractivity contribution is 6.30. The number of halogens is 1. The van der Waals surface area contributed by atoms with Gasteiger partial charge in [-0.15, -0.1) is 0 Å². The Morgan fingerprint density at radius 1 is 0.967 bits per heavy atom. The van der Waals surface area contributed by atoms with Crippen molar-refractivity contribution in [3.05, 3.63) is 101 Å². The fraction of sp³-hybridized carbons (Fsp3) is 0.0833. The number of nitrogens with zero attached hydrogens (tertiary/aromatic N) is 1. The van der Waals surface area contributed by atoms with E-state index in [1.165, 1.54) is 12.1 Å². The predicted octanol–water partition coefficient (Wildman–Crippen LogP) is 4.07. The van der Waals surface area contributed by atoms with E-state index in [-0.39, 0.29) is 11.5 Å². The van der Waals surface area contributed by atoms with Crippen molar-refractivity contribution in [2.24, 2.45) is 0 Å². The monoisotopic (exact) mass is 402 g/mol. The van der Waals surface area contributed by atoms with Gasteiger partial charge in [0.05, 0.1) is 0 Å². The Morgan fingerprint density at radius 3 is 2.50 bits per heavy atom. The summed E-state index contributed by atoms with van der Waals surface area (Å²) in [6.07, 6.45) is 2.38. The summed E-state index contributed by atoms with van der Waals surface area (Å²) in [5.41, 5.74) is 5.03. The normalized spacial score (nSPS) is 13.1. The van der Waals surface area contributed by atoms with Gasteiger partial charge >= 0.3 is 0 Å². The van der Waals surface area contributed by atoms with Crippen LogP contribution in [0.4, 0.5) is 10.1 Å². The number of rotatable bonds is 4. The first-order valence-corrected chi connectivity index (χ1v) is 9.49. The van der Waals surface area contributed by atoms with Crippen molar-refractivity contribution in [3.8, 4) is 0 Å². The van der Waals surface area contributed by atoms with E-state index in [1.807, 2.05) is 30.3 Å². The Labute approximate surface area is 173 Å². The highest BCUT2D eigenvalue weighted by atomic mass is 19.1. The third-order valence-electron chi connectivity index (χ3n) is 5.07. The minimum Gasteiger partial charge on any atom is -0.308 e.